The number of likely N-dealkylation sites (N-methyl/N-ethyl adjacent to an activating group) is 1. The van der Waals surface area contributed by atoms with Gasteiger partial charge in [-0.1, -0.05) is 42.5 Å². The maximum absolute atomic E-state index is 13.6. The van der Waals surface area contributed by atoms with E-state index >= 15 is 0 Å². The van der Waals surface area contributed by atoms with Gasteiger partial charge in [-0.3, -0.25) is 9.69 Å². The third-order valence-corrected chi connectivity index (χ3v) is 6.23. The Labute approximate surface area is 204 Å². The number of carbonyl (C=O) groups excluding carboxylic acids is 1. The largest absolute Gasteiger partial charge is 0.467 e. The topological polar surface area (TPSA) is 74.2 Å². The van der Waals surface area contributed by atoms with Gasteiger partial charge >= 0.3 is 0 Å². The first-order valence-corrected chi connectivity index (χ1v) is 11.3. The summed E-state index contributed by atoms with van der Waals surface area (Å²) in [5.41, 5.74) is 3.99. The van der Waals surface area contributed by atoms with Crippen LogP contribution in [-0.2, 0) is 11.3 Å². The van der Waals surface area contributed by atoms with E-state index < -0.39 is 0 Å². The standard InChI is InChI=1S/C28H27FN4O2/c1-19-20(2)33(17-24-10-7-15-35-24)28(25(19)16-30)31-26(34)18-32(3)27(21-8-5-4-6-9-21)22-11-13-23(29)14-12-22/h4-15,27H,17-18H2,1-3H3,(H,31,34). The predicted octanol–water partition coefficient (Wildman–Crippen LogP) is 5.42. The highest BCUT2D eigenvalue weighted by Crippen LogP contribution is 2.29. The molecule has 0 aliphatic rings. The first-order chi connectivity index (χ1) is 16.9. The van der Waals surface area contributed by atoms with Gasteiger partial charge in [-0.25, -0.2) is 4.39 Å². The Morgan fingerprint density at radius 3 is 2.40 bits per heavy atom. The van der Waals surface area contributed by atoms with Crippen LogP contribution in [0.3, 0.4) is 0 Å². The third-order valence-electron chi connectivity index (χ3n) is 6.23. The van der Waals surface area contributed by atoms with E-state index in [0.29, 0.717) is 17.9 Å². The molecule has 35 heavy (non-hydrogen) atoms. The lowest BCUT2D eigenvalue weighted by atomic mass is 9.97. The van der Waals surface area contributed by atoms with E-state index in [-0.39, 0.29) is 24.3 Å². The van der Waals surface area contributed by atoms with Crippen LogP contribution in [0.2, 0.25) is 0 Å². The maximum atomic E-state index is 13.6. The molecule has 4 rings (SSSR count). The summed E-state index contributed by atoms with van der Waals surface area (Å²) in [7, 11) is 1.85. The molecule has 0 spiro atoms. The first-order valence-electron chi connectivity index (χ1n) is 11.3. The minimum atomic E-state index is -0.312. The minimum Gasteiger partial charge on any atom is -0.467 e. The van der Waals surface area contributed by atoms with Crippen molar-refractivity contribution in [1.82, 2.24) is 9.47 Å². The molecule has 7 heteroatoms. The number of rotatable bonds is 8. The Balaban J connectivity index is 1.60. The molecule has 178 valence electrons. The number of anilines is 1. The molecule has 2 heterocycles. The van der Waals surface area contributed by atoms with Crippen molar-refractivity contribution >= 4 is 11.7 Å². The molecule has 0 aliphatic heterocycles. The van der Waals surface area contributed by atoms with Gasteiger partial charge in [0.1, 0.15) is 23.5 Å². The second-order valence-corrected chi connectivity index (χ2v) is 8.54. The van der Waals surface area contributed by atoms with Crippen molar-refractivity contribution in [2.45, 2.75) is 26.4 Å². The summed E-state index contributed by atoms with van der Waals surface area (Å²) in [6.45, 7) is 4.25. The number of amides is 1. The van der Waals surface area contributed by atoms with Crippen molar-refractivity contribution in [3.05, 3.63) is 113 Å². The van der Waals surface area contributed by atoms with Crippen LogP contribution in [0.25, 0.3) is 0 Å². The van der Waals surface area contributed by atoms with Crippen LogP contribution in [0, 0.1) is 31.0 Å². The molecule has 0 saturated heterocycles. The Morgan fingerprint density at radius 1 is 1.09 bits per heavy atom. The molecule has 1 unspecified atom stereocenters. The van der Waals surface area contributed by atoms with Gasteiger partial charge < -0.3 is 14.3 Å². The highest BCUT2D eigenvalue weighted by atomic mass is 19.1. The molecule has 0 aliphatic carbocycles. The smallest absolute Gasteiger partial charge is 0.239 e. The van der Waals surface area contributed by atoms with Crippen molar-refractivity contribution in [1.29, 1.82) is 5.26 Å². The average Bonchev–Trinajstić information content (AvgIpc) is 3.44. The highest BCUT2D eigenvalue weighted by Gasteiger charge is 2.24. The molecule has 0 saturated carbocycles. The second kappa shape index (κ2) is 10.4. The molecule has 2 aromatic carbocycles. The Morgan fingerprint density at radius 2 is 1.77 bits per heavy atom. The molecular weight excluding hydrogens is 443 g/mol. The molecule has 4 aromatic rings. The molecule has 1 N–H and O–H groups in total. The van der Waals surface area contributed by atoms with Gasteiger partial charge in [0.05, 0.1) is 31.0 Å². The summed E-state index contributed by atoms with van der Waals surface area (Å²) in [4.78, 5) is 15.1. The number of aromatic nitrogens is 1. The minimum absolute atomic E-state index is 0.0613. The van der Waals surface area contributed by atoms with Crippen LogP contribution >= 0.6 is 0 Å². The van der Waals surface area contributed by atoms with Crippen molar-refractivity contribution in [2.24, 2.45) is 0 Å². The number of carbonyl (C=O) groups is 1. The van der Waals surface area contributed by atoms with Crippen LogP contribution < -0.4 is 5.32 Å². The first kappa shape index (κ1) is 24.0. The van der Waals surface area contributed by atoms with E-state index in [4.69, 9.17) is 4.42 Å². The molecule has 0 fully saturated rings. The molecule has 1 atom stereocenters. The van der Waals surface area contributed by atoms with E-state index in [9.17, 15) is 14.4 Å². The van der Waals surface area contributed by atoms with Crippen molar-refractivity contribution < 1.29 is 13.6 Å². The highest BCUT2D eigenvalue weighted by molar-refractivity contribution is 5.93. The SMILES string of the molecule is Cc1c(C#N)c(NC(=O)CN(C)C(c2ccccc2)c2ccc(F)cc2)n(Cc2ccco2)c1C. The zero-order chi connectivity index (χ0) is 24.9. The monoisotopic (exact) mass is 470 g/mol. The number of nitrogens with one attached hydrogen (secondary N) is 1. The summed E-state index contributed by atoms with van der Waals surface area (Å²) in [5.74, 6) is 0.606. The Kier molecular flexibility index (Phi) is 7.14. The number of benzene rings is 2. The third kappa shape index (κ3) is 5.18. The Hall–Kier alpha value is -4.15. The van der Waals surface area contributed by atoms with Crippen LogP contribution in [0.5, 0.6) is 0 Å². The quantitative estimate of drug-likeness (QED) is 0.373. The van der Waals surface area contributed by atoms with E-state index in [2.05, 4.69) is 11.4 Å². The summed E-state index contributed by atoms with van der Waals surface area (Å²) in [5, 5.41) is 12.7. The van der Waals surface area contributed by atoms with Gasteiger partial charge in [-0.15, -0.1) is 0 Å². The van der Waals surface area contributed by atoms with Gasteiger partial charge in [0.25, 0.3) is 0 Å². The number of hydrogen-bond acceptors (Lipinski definition) is 4. The van der Waals surface area contributed by atoms with Crippen molar-refractivity contribution in [3.8, 4) is 6.07 Å². The molecule has 0 bridgehead atoms. The fourth-order valence-corrected chi connectivity index (χ4v) is 4.36. The molecule has 6 nitrogen and oxygen atoms in total. The van der Waals surface area contributed by atoms with E-state index in [1.807, 2.05) is 66.8 Å². The Bertz CT molecular complexity index is 1340. The number of halogens is 1. The number of furan rings is 1. The van der Waals surface area contributed by atoms with Gasteiger partial charge in [0.15, 0.2) is 0 Å². The van der Waals surface area contributed by atoms with E-state index in [0.717, 1.165) is 28.1 Å². The van der Waals surface area contributed by atoms with Gasteiger partial charge in [0, 0.05) is 5.69 Å². The van der Waals surface area contributed by atoms with Gasteiger partial charge in [0.2, 0.25) is 5.91 Å². The lowest BCUT2D eigenvalue weighted by Gasteiger charge is -2.28. The van der Waals surface area contributed by atoms with Crippen LogP contribution in [-0.4, -0.2) is 29.0 Å². The predicted molar refractivity (Wildman–Crippen MR) is 132 cm³/mol. The zero-order valence-corrected chi connectivity index (χ0v) is 20.0. The van der Waals surface area contributed by atoms with Crippen LogP contribution in [0.4, 0.5) is 10.2 Å². The van der Waals surface area contributed by atoms with Crippen LogP contribution in [0.15, 0.2) is 77.4 Å². The molecule has 0 radical (unpaired) electrons. The summed E-state index contributed by atoms with van der Waals surface area (Å²) in [6, 6.07) is 21.7. The fraction of sp³-hybridized carbons (Fsp3) is 0.214. The number of hydrogen-bond donors (Lipinski definition) is 1. The van der Waals surface area contributed by atoms with Crippen molar-refractivity contribution in [3.63, 3.8) is 0 Å². The normalized spacial score (nSPS) is 11.9. The number of nitriles is 1. The number of nitrogens with zero attached hydrogens (tertiary/aromatic N) is 3. The average molecular weight is 471 g/mol. The van der Waals surface area contributed by atoms with E-state index in [1.165, 1.54) is 12.1 Å². The van der Waals surface area contributed by atoms with Gasteiger partial charge in [-0.05, 0) is 61.9 Å². The van der Waals surface area contributed by atoms with E-state index in [1.54, 1.807) is 24.5 Å². The van der Waals surface area contributed by atoms with Gasteiger partial charge in [-0.2, -0.15) is 5.26 Å². The lowest BCUT2D eigenvalue weighted by Crippen LogP contribution is -2.34. The molecular formula is C28H27FN4O2. The lowest BCUT2D eigenvalue weighted by molar-refractivity contribution is -0.117. The molecule has 2 aromatic heterocycles. The summed E-state index contributed by atoms with van der Waals surface area (Å²) >= 11 is 0. The summed E-state index contributed by atoms with van der Waals surface area (Å²) < 4.78 is 20.9. The fourth-order valence-electron chi connectivity index (χ4n) is 4.36. The van der Waals surface area contributed by atoms with Crippen LogP contribution in [0.1, 0.15) is 39.7 Å². The molecule has 1 amide bonds. The second-order valence-electron chi connectivity index (χ2n) is 8.54. The zero-order valence-electron chi connectivity index (χ0n) is 20.0. The van der Waals surface area contributed by atoms with Crippen molar-refractivity contribution in [2.75, 3.05) is 18.9 Å². The summed E-state index contributed by atoms with van der Waals surface area (Å²) in [6.07, 6.45) is 1.60. The maximum Gasteiger partial charge on any atom is 0.239 e.